The van der Waals surface area contributed by atoms with Gasteiger partial charge >= 0.3 is 63.3 Å². The van der Waals surface area contributed by atoms with Crippen LogP contribution < -0.4 is 0 Å². The summed E-state index contributed by atoms with van der Waals surface area (Å²) < 4.78 is 0. The zero-order valence-electron chi connectivity index (χ0n) is 6.68. The molecule has 0 saturated carbocycles. The third-order valence-corrected chi connectivity index (χ3v) is 1.30. The van der Waals surface area contributed by atoms with E-state index in [1.165, 1.54) is 13.1 Å². The Labute approximate surface area is 122 Å². The number of aryl methyl sites for hydroxylation is 1. The number of carboxylic acids is 2. The van der Waals surface area contributed by atoms with E-state index in [1.807, 2.05) is 0 Å². The van der Waals surface area contributed by atoms with Crippen molar-refractivity contribution in [1.82, 2.24) is 9.97 Å². The molecule has 1 aromatic rings. The molecule has 14 heavy (non-hydrogen) atoms. The van der Waals surface area contributed by atoms with Crippen LogP contribution in [0.1, 0.15) is 26.7 Å². The van der Waals surface area contributed by atoms with Crippen molar-refractivity contribution in [2.45, 2.75) is 6.92 Å². The molecule has 0 fully saturated rings. The monoisotopic (exact) mass is 222 g/mol. The molecule has 0 saturated heterocycles. The fourth-order valence-electron chi connectivity index (χ4n) is 0.783. The zero-order valence-corrected chi connectivity index (χ0v) is 6.68. The zero-order chi connectivity index (χ0) is 10.0. The number of aromatic nitrogens is 2. The third kappa shape index (κ3) is 3.10. The van der Waals surface area contributed by atoms with Crippen LogP contribution in [0, 0.1) is 6.92 Å². The maximum atomic E-state index is 10.5. The predicted octanol–water partition coefficient (Wildman–Crippen LogP) is -0.467. The predicted molar refractivity (Wildman–Crippen MR) is 47.8 cm³/mol. The number of hydrogen-bond donors (Lipinski definition) is 2. The Hall–Kier alpha value is -0.344. The molecule has 0 spiro atoms. The van der Waals surface area contributed by atoms with Crippen LogP contribution in [0.15, 0.2) is 6.20 Å². The molecule has 0 atom stereocenters. The van der Waals surface area contributed by atoms with Crippen LogP contribution in [0.2, 0.25) is 0 Å². The first-order chi connectivity index (χ1) is 6.02. The molecule has 0 aromatic carbocycles. The van der Waals surface area contributed by atoms with E-state index in [9.17, 15) is 9.59 Å². The number of aromatic carboxylic acids is 2. The second-order valence-electron chi connectivity index (χ2n) is 2.32. The summed E-state index contributed by atoms with van der Waals surface area (Å²) in [5.41, 5.74) is -0.715. The molecule has 0 radical (unpaired) electrons. The molecule has 0 aliphatic rings. The number of nitrogens with zero attached hydrogens (tertiary/aromatic N) is 2. The molecule has 0 amide bonds. The Morgan fingerprint density at radius 1 is 1.21 bits per heavy atom. The topological polar surface area (TPSA) is 100 Å². The van der Waals surface area contributed by atoms with Gasteiger partial charge in [0.25, 0.3) is 0 Å². The molecular weight excluding hydrogens is 215 g/mol. The molecule has 1 aromatic heterocycles. The summed E-state index contributed by atoms with van der Waals surface area (Å²) >= 11 is 0. The first kappa shape index (κ1) is 13.7. The molecule has 1 rings (SSSR count). The van der Waals surface area contributed by atoms with Crippen molar-refractivity contribution in [1.29, 1.82) is 0 Å². The summed E-state index contributed by atoms with van der Waals surface area (Å²) in [6, 6.07) is 0. The fraction of sp³-hybridized carbons (Fsp3) is 0.143. The summed E-state index contributed by atoms with van der Waals surface area (Å²) in [7, 11) is 0. The van der Waals surface area contributed by atoms with E-state index in [2.05, 4.69) is 9.97 Å². The second-order valence-corrected chi connectivity index (χ2v) is 2.32. The molecule has 0 aliphatic carbocycles. The Morgan fingerprint density at radius 2 is 1.71 bits per heavy atom. The summed E-state index contributed by atoms with van der Waals surface area (Å²) in [4.78, 5) is 28.0. The van der Waals surface area contributed by atoms with Gasteiger partial charge in [-0.25, -0.2) is 19.6 Å². The van der Waals surface area contributed by atoms with E-state index < -0.39 is 23.3 Å². The van der Waals surface area contributed by atoms with Crippen molar-refractivity contribution < 1.29 is 19.8 Å². The minimum absolute atomic E-state index is 0. The van der Waals surface area contributed by atoms with Gasteiger partial charge in [-0.05, 0) is 6.92 Å². The van der Waals surface area contributed by atoms with E-state index >= 15 is 0 Å². The van der Waals surface area contributed by atoms with E-state index in [0.29, 0.717) is 5.69 Å². The van der Waals surface area contributed by atoms with Crippen LogP contribution in [-0.2, 0) is 0 Å². The van der Waals surface area contributed by atoms with Crippen molar-refractivity contribution in [3.8, 4) is 0 Å². The van der Waals surface area contributed by atoms with E-state index in [4.69, 9.17) is 10.2 Å². The first-order valence-corrected chi connectivity index (χ1v) is 3.32. The number of carboxylic acid groups (broad SMARTS) is 2. The Bertz CT molecular complexity index is 380. The van der Waals surface area contributed by atoms with Crippen molar-refractivity contribution in [3.63, 3.8) is 0 Å². The van der Waals surface area contributed by atoms with Crippen LogP contribution in [0.5, 0.6) is 0 Å². The van der Waals surface area contributed by atoms with Crippen LogP contribution in [0.3, 0.4) is 0 Å². The second kappa shape index (κ2) is 5.52. The van der Waals surface area contributed by atoms with Crippen LogP contribution in [0.25, 0.3) is 0 Å². The standard InChI is InChI=1S/C7H6N2O4.K.H/c1-3-2-8-4(6(10)11)5(9-3)7(12)13;;/h2H,1H3,(H,10,11)(H,12,13);;. The van der Waals surface area contributed by atoms with Gasteiger partial charge in [-0.15, -0.1) is 0 Å². The van der Waals surface area contributed by atoms with Crippen molar-refractivity contribution >= 4 is 63.3 Å². The summed E-state index contributed by atoms with van der Waals surface area (Å²) in [5.74, 6) is -2.79. The maximum absolute atomic E-state index is 10.5. The van der Waals surface area contributed by atoms with Gasteiger partial charge in [-0.3, -0.25) is 0 Å². The SMILES string of the molecule is Cc1cnc(C(=O)O)c(C(=O)O)n1.[KH]. The molecule has 70 valence electrons. The van der Waals surface area contributed by atoms with Gasteiger partial charge in [0.05, 0.1) is 5.69 Å². The molecular formula is C7H7KN2O4. The molecule has 7 heteroatoms. The van der Waals surface area contributed by atoms with Crippen LogP contribution in [0.4, 0.5) is 0 Å². The number of rotatable bonds is 2. The van der Waals surface area contributed by atoms with Crippen molar-refractivity contribution in [2.24, 2.45) is 0 Å². The van der Waals surface area contributed by atoms with Crippen LogP contribution in [-0.4, -0.2) is 83.5 Å². The molecule has 0 unspecified atom stereocenters. The summed E-state index contributed by atoms with van der Waals surface area (Å²) in [6.45, 7) is 1.53. The van der Waals surface area contributed by atoms with E-state index in [1.54, 1.807) is 0 Å². The van der Waals surface area contributed by atoms with Gasteiger partial charge in [-0.2, -0.15) is 0 Å². The average Bonchev–Trinajstić information content (AvgIpc) is 2.03. The van der Waals surface area contributed by atoms with Crippen molar-refractivity contribution in [3.05, 3.63) is 23.3 Å². The quantitative estimate of drug-likeness (QED) is 0.656. The van der Waals surface area contributed by atoms with Crippen LogP contribution >= 0.6 is 0 Å². The molecule has 2 N–H and O–H groups in total. The summed E-state index contributed by atoms with van der Waals surface area (Å²) in [5, 5.41) is 17.1. The number of carbonyl (C=O) groups is 2. The Morgan fingerprint density at radius 3 is 2.14 bits per heavy atom. The Balaban J connectivity index is 0.00000169. The van der Waals surface area contributed by atoms with E-state index in [-0.39, 0.29) is 51.4 Å². The molecule has 6 nitrogen and oxygen atoms in total. The van der Waals surface area contributed by atoms with E-state index in [0.717, 1.165) is 0 Å². The van der Waals surface area contributed by atoms with Crippen molar-refractivity contribution in [2.75, 3.05) is 0 Å². The minimum atomic E-state index is -1.40. The molecule has 0 aliphatic heterocycles. The fourth-order valence-corrected chi connectivity index (χ4v) is 0.783. The molecule has 0 bridgehead atoms. The Kier molecular flexibility index (Phi) is 5.38. The van der Waals surface area contributed by atoms with Gasteiger partial charge in [0, 0.05) is 6.20 Å². The van der Waals surface area contributed by atoms with Gasteiger partial charge in [0.15, 0.2) is 11.4 Å². The van der Waals surface area contributed by atoms with Gasteiger partial charge in [0.2, 0.25) is 0 Å². The third-order valence-electron chi connectivity index (χ3n) is 1.30. The van der Waals surface area contributed by atoms with Gasteiger partial charge < -0.3 is 10.2 Å². The van der Waals surface area contributed by atoms with Gasteiger partial charge in [0.1, 0.15) is 0 Å². The number of hydrogen-bond acceptors (Lipinski definition) is 4. The average molecular weight is 222 g/mol. The normalized spacial score (nSPS) is 8.93. The molecule has 1 heterocycles. The summed E-state index contributed by atoms with van der Waals surface area (Å²) in [6.07, 6.45) is 1.20. The van der Waals surface area contributed by atoms with Gasteiger partial charge in [-0.1, -0.05) is 0 Å². The first-order valence-electron chi connectivity index (χ1n) is 3.32.